The molecule has 1 amide bonds. The Balaban J connectivity index is 1.75. The van der Waals surface area contributed by atoms with Gasteiger partial charge in [-0.25, -0.2) is 0 Å². The van der Waals surface area contributed by atoms with Gasteiger partial charge in [-0.05, 0) is 65.1 Å². The van der Waals surface area contributed by atoms with Crippen LogP contribution in [0.5, 0.6) is 5.75 Å². The Labute approximate surface area is 155 Å². The highest BCUT2D eigenvalue weighted by molar-refractivity contribution is 6.32. The number of amides is 1. The summed E-state index contributed by atoms with van der Waals surface area (Å²) in [6.45, 7) is 7.12. The van der Waals surface area contributed by atoms with Gasteiger partial charge in [-0.3, -0.25) is 9.69 Å². The third-order valence-corrected chi connectivity index (χ3v) is 5.98. The summed E-state index contributed by atoms with van der Waals surface area (Å²) in [6, 6.07) is 5.34. The molecule has 0 bridgehead atoms. The fourth-order valence-corrected chi connectivity index (χ4v) is 4.13. The molecule has 3 rings (SSSR count). The quantitative estimate of drug-likeness (QED) is 0.825. The van der Waals surface area contributed by atoms with Crippen LogP contribution in [0.3, 0.4) is 0 Å². The van der Waals surface area contributed by atoms with Crippen molar-refractivity contribution in [2.45, 2.75) is 25.3 Å². The molecular weight excluding hydrogens is 338 g/mol. The zero-order chi connectivity index (χ0) is 18.0. The normalized spacial score (nSPS) is 21.5. The predicted molar refractivity (Wildman–Crippen MR) is 101 cm³/mol. The topological polar surface area (TPSA) is 36.0 Å². The maximum Gasteiger partial charge on any atom is 0.254 e. The molecule has 2 aliphatic rings. The molecule has 0 unspecified atom stereocenters. The van der Waals surface area contributed by atoms with Crippen LogP contribution in [0.2, 0.25) is 5.02 Å². The molecule has 138 valence electrons. The molecule has 6 heteroatoms. The number of halogens is 1. The van der Waals surface area contributed by atoms with Crippen LogP contribution >= 0.6 is 11.6 Å². The van der Waals surface area contributed by atoms with Crippen LogP contribution in [-0.2, 0) is 0 Å². The smallest absolute Gasteiger partial charge is 0.254 e. The van der Waals surface area contributed by atoms with Gasteiger partial charge in [0.2, 0.25) is 0 Å². The fourth-order valence-electron chi connectivity index (χ4n) is 3.90. The van der Waals surface area contributed by atoms with Crippen LogP contribution in [0.25, 0.3) is 0 Å². The molecule has 1 aromatic carbocycles. The average molecular weight is 366 g/mol. The Morgan fingerprint density at radius 3 is 2.56 bits per heavy atom. The van der Waals surface area contributed by atoms with E-state index in [-0.39, 0.29) is 11.4 Å². The molecule has 2 fully saturated rings. The van der Waals surface area contributed by atoms with E-state index < -0.39 is 0 Å². The summed E-state index contributed by atoms with van der Waals surface area (Å²) in [4.78, 5) is 19.8. The van der Waals surface area contributed by atoms with Gasteiger partial charge in [0.1, 0.15) is 5.75 Å². The third kappa shape index (κ3) is 3.78. The maximum atomic E-state index is 13.0. The molecule has 5 nitrogen and oxygen atoms in total. The van der Waals surface area contributed by atoms with Crippen LogP contribution in [-0.4, -0.2) is 79.6 Å². The van der Waals surface area contributed by atoms with Gasteiger partial charge >= 0.3 is 0 Å². The van der Waals surface area contributed by atoms with Crippen LogP contribution in [0.15, 0.2) is 18.2 Å². The van der Waals surface area contributed by atoms with E-state index in [1.807, 2.05) is 17.9 Å². The SMILES string of the molecule is CCOc1ccc(C(=O)N2CCN(C)C3(CCN(C)CC3)C2)cc1Cl. The lowest BCUT2D eigenvalue weighted by molar-refractivity contribution is -0.0170. The molecule has 25 heavy (non-hydrogen) atoms. The van der Waals surface area contributed by atoms with Crippen molar-refractivity contribution in [1.82, 2.24) is 14.7 Å². The standard InChI is InChI=1S/C19H28ClN3O2/c1-4-25-17-6-5-15(13-16(17)20)18(24)23-12-11-22(3)19(14-23)7-9-21(2)10-8-19/h5-6,13H,4,7-12,14H2,1-3H3. The molecule has 0 N–H and O–H groups in total. The van der Waals surface area contributed by atoms with Gasteiger partial charge in [-0.1, -0.05) is 11.6 Å². The van der Waals surface area contributed by atoms with Gasteiger partial charge in [-0.15, -0.1) is 0 Å². The number of hydrogen-bond acceptors (Lipinski definition) is 4. The van der Waals surface area contributed by atoms with E-state index in [1.54, 1.807) is 12.1 Å². The largest absolute Gasteiger partial charge is 0.492 e. The summed E-state index contributed by atoms with van der Waals surface area (Å²) < 4.78 is 5.46. The summed E-state index contributed by atoms with van der Waals surface area (Å²) in [5.74, 6) is 0.697. The first-order chi connectivity index (χ1) is 11.9. The summed E-state index contributed by atoms with van der Waals surface area (Å²) in [7, 11) is 4.36. The van der Waals surface area contributed by atoms with Crippen molar-refractivity contribution in [3.8, 4) is 5.75 Å². The predicted octanol–water partition coefficient (Wildman–Crippen LogP) is 2.59. The Bertz CT molecular complexity index is 629. The first kappa shape index (κ1) is 18.5. The average Bonchev–Trinajstić information content (AvgIpc) is 2.61. The van der Waals surface area contributed by atoms with Crippen LogP contribution in [0, 0.1) is 0 Å². The molecule has 0 saturated carbocycles. The molecule has 1 aromatic rings. The summed E-state index contributed by atoms with van der Waals surface area (Å²) in [5.41, 5.74) is 0.747. The van der Waals surface area contributed by atoms with E-state index in [0.29, 0.717) is 22.9 Å². The monoisotopic (exact) mass is 365 g/mol. The zero-order valence-corrected chi connectivity index (χ0v) is 16.2. The lowest BCUT2D eigenvalue weighted by Crippen LogP contribution is -2.64. The molecule has 1 spiro atoms. The Morgan fingerprint density at radius 2 is 1.92 bits per heavy atom. The van der Waals surface area contributed by atoms with Crippen molar-refractivity contribution in [3.63, 3.8) is 0 Å². The number of piperazine rings is 1. The lowest BCUT2D eigenvalue weighted by Gasteiger charge is -2.52. The number of hydrogen-bond donors (Lipinski definition) is 0. The highest BCUT2D eigenvalue weighted by Crippen LogP contribution is 2.32. The number of ether oxygens (including phenoxy) is 1. The summed E-state index contributed by atoms with van der Waals surface area (Å²) in [5, 5.41) is 0.496. The van der Waals surface area contributed by atoms with Gasteiger partial charge in [0.25, 0.3) is 5.91 Å². The van der Waals surface area contributed by atoms with Gasteiger partial charge in [-0.2, -0.15) is 0 Å². The van der Waals surface area contributed by atoms with E-state index >= 15 is 0 Å². The van der Waals surface area contributed by atoms with Crippen LogP contribution in [0.1, 0.15) is 30.1 Å². The van der Waals surface area contributed by atoms with E-state index in [0.717, 1.165) is 45.6 Å². The number of rotatable bonds is 3. The minimum atomic E-state index is 0.0661. The first-order valence-electron chi connectivity index (χ1n) is 9.06. The molecule has 2 aliphatic heterocycles. The highest BCUT2D eigenvalue weighted by Gasteiger charge is 2.42. The number of likely N-dealkylation sites (N-methyl/N-ethyl adjacent to an activating group) is 1. The summed E-state index contributed by atoms with van der Waals surface area (Å²) in [6.07, 6.45) is 2.21. The first-order valence-corrected chi connectivity index (χ1v) is 9.44. The van der Waals surface area contributed by atoms with Crippen molar-refractivity contribution in [2.75, 3.05) is 53.4 Å². The van der Waals surface area contributed by atoms with Crippen molar-refractivity contribution < 1.29 is 9.53 Å². The van der Waals surface area contributed by atoms with Gasteiger partial charge in [0, 0.05) is 30.7 Å². The summed E-state index contributed by atoms with van der Waals surface area (Å²) >= 11 is 6.26. The number of carbonyl (C=O) groups is 1. The number of carbonyl (C=O) groups excluding carboxylic acids is 1. The Kier molecular flexibility index (Phi) is 5.56. The van der Waals surface area contributed by atoms with E-state index in [1.165, 1.54) is 0 Å². The Hall–Kier alpha value is -1.30. The van der Waals surface area contributed by atoms with Crippen LogP contribution in [0.4, 0.5) is 0 Å². The Morgan fingerprint density at radius 1 is 1.20 bits per heavy atom. The van der Waals surface area contributed by atoms with Crippen molar-refractivity contribution >= 4 is 17.5 Å². The van der Waals surface area contributed by atoms with E-state index in [9.17, 15) is 4.79 Å². The molecule has 0 radical (unpaired) electrons. The third-order valence-electron chi connectivity index (χ3n) is 5.68. The highest BCUT2D eigenvalue weighted by atomic mass is 35.5. The number of likely N-dealkylation sites (tertiary alicyclic amines) is 1. The maximum absolute atomic E-state index is 13.0. The van der Waals surface area contributed by atoms with Gasteiger partial charge in [0.15, 0.2) is 0 Å². The minimum absolute atomic E-state index is 0.0661. The molecule has 2 heterocycles. The lowest BCUT2D eigenvalue weighted by atomic mass is 9.83. The molecule has 2 saturated heterocycles. The second-order valence-corrected chi connectivity index (χ2v) is 7.66. The van der Waals surface area contributed by atoms with Crippen molar-refractivity contribution in [1.29, 1.82) is 0 Å². The van der Waals surface area contributed by atoms with Crippen LogP contribution < -0.4 is 4.74 Å². The molecular formula is C19H28ClN3O2. The second kappa shape index (κ2) is 7.52. The molecule has 0 aliphatic carbocycles. The van der Waals surface area contributed by atoms with Gasteiger partial charge in [0.05, 0.1) is 11.6 Å². The fraction of sp³-hybridized carbons (Fsp3) is 0.632. The number of benzene rings is 1. The van der Waals surface area contributed by atoms with E-state index in [4.69, 9.17) is 16.3 Å². The van der Waals surface area contributed by atoms with Gasteiger partial charge < -0.3 is 14.5 Å². The minimum Gasteiger partial charge on any atom is -0.492 e. The number of nitrogens with zero attached hydrogens (tertiary/aromatic N) is 3. The molecule has 0 atom stereocenters. The van der Waals surface area contributed by atoms with Crippen molar-refractivity contribution in [2.24, 2.45) is 0 Å². The van der Waals surface area contributed by atoms with E-state index in [2.05, 4.69) is 23.9 Å². The zero-order valence-electron chi connectivity index (χ0n) is 15.4. The van der Waals surface area contributed by atoms with Crippen molar-refractivity contribution in [3.05, 3.63) is 28.8 Å². The number of piperidine rings is 1. The molecule has 0 aromatic heterocycles. The second-order valence-electron chi connectivity index (χ2n) is 7.25.